The summed E-state index contributed by atoms with van der Waals surface area (Å²) in [5, 5.41) is 1.16. The molecule has 0 spiro atoms. The molecule has 1 aromatic heterocycles. The van der Waals surface area contributed by atoms with Crippen molar-refractivity contribution in [2.45, 2.75) is 5.16 Å². The summed E-state index contributed by atoms with van der Waals surface area (Å²) in [4.78, 5) is 34.3. The largest absolute Gasteiger partial charge is 0.496 e. The van der Waals surface area contributed by atoms with Crippen LogP contribution in [-0.2, 0) is 0 Å². The van der Waals surface area contributed by atoms with Crippen molar-refractivity contribution in [3.63, 3.8) is 0 Å². The summed E-state index contributed by atoms with van der Waals surface area (Å²) in [6.07, 6.45) is 0. The predicted octanol–water partition coefficient (Wildman–Crippen LogP) is 5.13. The molecule has 0 radical (unpaired) electrons. The number of nitrogens with zero attached hydrogens (tertiary/aromatic N) is 2. The first kappa shape index (κ1) is 22.8. The molecule has 0 unspecified atom stereocenters. The van der Waals surface area contributed by atoms with Gasteiger partial charge in [0, 0.05) is 15.4 Å². The van der Waals surface area contributed by atoms with Crippen LogP contribution in [0.3, 0.4) is 0 Å². The first-order valence-corrected chi connectivity index (χ1v) is 11.7. The molecule has 166 valence electrons. The molecule has 0 aliphatic carbocycles. The van der Waals surface area contributed by atoms with Gasteiger partial charge in [0.2, 0.25) is 0 Å². The lowest BCUT2D eigenvalue weighted by Gasteiger charge is -2.13. The van der Waals surface area contributed by atoms with Gasteiger partial charge in [-0.25, -0.2) is 9.97 Å². The number of Topliss-reactive ketones (excluding diaryl/α,β-unsaturated/α-hetero) is 1. The Bertz CT molecular complexity index is 1310. The van der Waals surface area contributed by atoms with Crippen molar-refractivity contribution in [2.75, 3.05) is 18.3 Å². The van der Waals surface area contributed by atoms with E-state index in [0.29, 0.717) is 33.4 Å². The first-order chi connectivity index (χ1) is 16.0. The van der Waals surface area contributed by atoms with E-state index in [4.69, 9.17) is 4.74 Å². The summed E-state index contributed by atoms with van der Waals surface area (Å²) in [7, 11) is 1.51. The molecule has 9 heteroatoms. The molecule has 7 nitrogen and oxygen atoms in total. The van der Waals surface area contributed by atoms with E-state index < -0.39 is 0 Å². The van der Waals surface area contributed by atoms with E-state index in [-0.39, 0.29) is 17.4 Å². The second-order valence-corrected chi connectivity index (χ2v) is 8.73. The predicted molar refractivity (Wildman–Crippen MR) is 133 cm³/mol. The smallest absolute Gasteiger partial charge is 0.273 e. The number of nitrogens with one attached hydrogen (secondary N) is 2. The van der Waals surface area contributed by atoms with Gasteiger partial charge in [0.15, 0.2) is 16.8 Å². The zero-order chi connectivity index (χ0) is 23.2. The normalized spacial score (nSPS) is 10.6. The molecule has 0 saturated heterocycles. The number of rotatable bonds is 8. The van der Waals surface area contributed by atoms with Gasteiger partial charge >= 0.3 is 0 Å². The summed E-state index contributed by atoms with van der Waals surface area (Å²) in [5.41, 5.74) is 7.26. The molecule has 2 N–H and O–H groups in total. The van der Waals surface area contributed by atoms with E-state index in [1.54, 1.807) is 36.4 Å². The SMILES string of the molecule is COc1ccccc1C(=O)NNc1nc(SCC(=O)c2ccc(Br)cc2)nc2ccccc12. The Morgan fingerprint density at radius 1 is 0.970 bits per heavy atom. The van der Waals surface area contributed by atoms with Gasteiger partial charge in [-0.05, 0) is 36.4 Å². The van der Waals surface area contributed by atoms with Crippen molar-refractivity contribution < 1.29 is 14.3 Å². The van der Waals surface area contributed by atoms with Crippen LogP contribution < -0.4 is 15.6 Å². The molecule has 1 amide bonds. The quantitative estimate of drug-likeness (QED) is 0.143. The average molecular weight is 523 g/mol. The highest BCUT2D eigenvalue weighted by molar-refractivity contribution is 9.10. The molecule has 4 rings (SSSR count). The number of hydrogen-bond acceptors (Lipinski definition) is 7. The molecular formula is C24H19BrN4O3S. The van der Waals surface area contributed by atoms with Crippen molar-refractivity contribution in [3.05, 3.63) is 88.4 Å². The minimum absolute atomic E-state index is 0.0248. The van der Waals surface area contributed by atoms with Gasteiger partial charge in [-0.15, -0.1) is 0 Å². The van der Waals surface area contributed by atoms with Crippen LogP contribution in [0, 0.1) is 0 Å². The fraction of sp³-hybridized carbons (Fsp3) is 0.0833. The van der Waals surface area contributed by atoms with Crippen molar-refractivity contribution >= 4 is 56.1 Å². The Morgan fingerprint density at radius 2 is 1.70 bits per heavy atom. The number of halogens is 1. The maximum absolute atomic E-state index is 12.7. The number of para-hydroxylation sites is 2. The average Bonchev–Trinajstić information content (AvgIpc) is 2.86. The minimum atomic E-state index is -0.366. The molecule has 0 saturated carbocycles. The second-order valence-electron chi connectivity index (χ2n) is 6.87. The zero-order valence-corrected chi connectivity index (χ0v) is 19.9. The van der Waals surface area contributed by atoms with Gasteiger partial charge < -0.3 is 4.74 Å². The summed E-state index contributed by atoms with van der Waals surface area (Å²) in [6, 6.07) is 21.6. The highest BCUT2D eigenvalue weighted by Crippen LogP contribution is 2.25. The summed E-state index contributed by atoms with van der Waals surface area (Å²) < 4.78 is 6.17. The number of aromatic nitrogens is 2. The zero-order valence-electron chi connectivity index (χ0n) is 17.5. The van der Waals surface area contributed by atoms with Crippen LogP contribution in [0.4, 0.5) is 5.82 Å². The van der Waals surface area contributed by atoms with E-state index in [9.17, 15) is 9.59 Å². The molecule has 3 aromatic carbocycles. The Labute approximate surface area is 203 Å². The summed E-state index contributed by atoms with van der Waals surface area (Å²) in [5.74, 6) is 0.694. The number of ether oxygens (including phenoxy) is 1. The van der Waals surface area contributed by atoms with E-state index >= 15 is 0 Å². The third kappa shape index (κ3) is 5.50. The summed E-state index contributed by atoms with van der Waals surface area (Å²) in [6.45, 7) is 0. The van der Waals surface area contributed by atoms with Crippen LogP contribution in [0.25, 0.3) is 10.9 Å². The number of carbonyl (C=O) groups is 2. The number of anilines is 1. The molecular weight excluding hydrogens is 504 g/mol. The lowest BCUT2D eigenvalue weighted by atomic mass is 10.2. The van der Waals surface area contributed by atoms with Gasteiger partial charge in [0.05, 0.1) is 23.9 Å². The number of thioether (sulfide) groups is 1. The van der Waals surface area contributed by atoms with Gasteiger partial charge in [-0.2, -0.15) is 0 Å². The lowest BCUT2D eigenvalue weighted by Crippen LogP contribution is -2.30. The third-order valence-corrected chi connectivity index (χ3v) is 6.10. The fourth-order valence-electron chi connectivity index (χ4n) is 3.08. The van der Waals surface area contributed by atoms with Crippen LogP contribution >= 0.6 is 27.7 Å². The van der Waals surface area contributed by atoms with Crippen molar-refractivity contribution in [1.29, 1.82) is 0 Å². The first-order valence-electron chi connectivity index (χ1n) is 9.93. The van der Waals surface area contributed by atoms with Crippen LogP contribution in [0.5, 0.6) is 5.75 Å². The monoisotopic (exact) mass is 522 g/mol. The number of hydrazine groups is 1. The molecule has 0 bridgehead atoms. The van der Waals surface area contributed by atoms with Crippen LogP contribution in [-0.4, -0.2) is 34.5 Å². The van der Waals surface area contributed by atoms with Gasteiger partial charge in [0.25, 0.3) is 5.91 Å². The van der Waals surface area contributed by atoms with Gasteiger partial charge in [0.1, 0.15) is 5.75 Å². The Balaban J connectivity index is 1.52. The Morgan fingerprint density at radius 3 is 2.48 bits per heavy atom. The number of hydrogen-bond donors (Lipinski definition) is 2. The highest BCUT2D eigenvalue weighted by atomic mass is 79.9. The van der Waals surface area contributed by atoms with E-state index in [2.05, 4.69) is 36.7 Å². The van der Waals surface area contributed by atoms with Crippen LogP contribution in [0.15, 0.2) is 82.4 Å². The topological polar surface area (TPSA) is 93.2 Å². The van der Waals surface area contributed by atoms with Crippen molar-refractivity contribution in [3.8, 4) is 5.75 Å². The maximum atomic E-state index is 12.7. The number of amides is 1. The molecule has 0 aliphatic heterocycles. The number of ketones is 1. The number of benzene rings is 3. The minimum Gasteiger partial charge on any atom is -0.496 e. The van der Waals surface area contributed by atoms with E-state index in [1.165, 1.54) is 18.9 Å². The van der Waals surface area contributed by atoms with Crippen molar-refractivity contribution in [2.24, 2.45) is 0 Å². The fourth-order valence-corrected chi connectivity index (χ4v) is 4.09. The second kappa shape index (κ2) is 10.5. The molecule has 4 aromatic rings. The van der Waals surface area contributed by atoms with E-state index in [0.717, 1.165) is 9.86 Å². The Kier molecular flexibility index (Phi) is 7.21. The standard InChI is InChI=1S/C24H19BrN4O3S/c1-32-21-9-5-3-7-18(21)23(31)29-28-22-17-6-2-4-8-19(17)26-24(27-22)33-14-20(30)15-10-12-16(25)13-11-15/h2-13H,14H2,1H3,(H,29,31)(H,26,27,28). The molecule has 0 atom stereocenters. The number of carbonyl (C=O) groups excluding carboxylic acids is 2. The molecule has 1 heterocycles. The highest BCUT2D eigenvalue weighted by Gasteiger charge is 2.14. The third-order valence-electron chi connectivity index (χ3n) is 4.73. The van der Waals surface area contributed by atoms with Crippen molar-refractivity contribution in [1.82, 2.24) is 15.4 Å². The van der Waals surface area contributed by atoms with Crippen LogP contribution in [0.2, 0.25) is 0 Å². The molecule has 0 aliphatic rings. The van der Waals surface area contributed by atoms with Gasteiger partial charge in [-0.1, -0.05) is 64.1 Å². The Hall–Kier alpha value is -3.43. The lowest BCUT2D eigenvalue weighted by molar-refractivity contribution is 0.0958. The number of fused-ring (bicyclic) bond motifs is 1. The number of methoxy groups -OCH3 is 1. The van der Waals surface area contributed by atoms with Crippen LogP contribution in [0.1, 0.15) is 20.7 Å². The molecule has 33 heavy (non-hydrogen) atoms. The van der Waals surface area contributed by atoms with E-state index in [1.807, 2.05) is 36.4 Å². The summed E-state index contributed by atoms with van der Waals surface area (Å²) >= 11 is 4.61. The van der Waals surface area contributed by atoms with Gasteiger partial charge in [-0.3, -0.25) is 20.4 Å². The maximum Gasteiger partial charge on any atom is 0.273 e. The molecule has 0 fully saturated rings.